The predicted octanol–water partition coefficient (Wildman–Crippen LogP) is 2.87. The van der Waals surface area contributed by atoms with Crippen LogP contribution in [0.3, 0.4) is 0 Å². The van der Waals surface area contributed by atoms with E-state index in [1.165, 1.54) is 12.1 Å². The molecule has 1 aromatic heterocycles. The highest BCUT2D eigenvalue weighted by Crippen LogP contribution is 2.18. The van der Waals surface area contributed by atoms with Gasteiger partial charge >= 0.3 is 0 Å². The summed E-state index contributed by atoms with van der Waals surface area (Å²) in [7, 11) is 1.85. The fourth-order valence-corrected chi connectivity index (χ4v) is 1.92. The quantitative estimate of drug-likeness (QED) is 0.880. The zero-order valence-corrected chi connectivity index (χ0v) is 10.0. The van der Waals surface area contributed by atoms with Gasteiger partial charge in [-0.05, 0) is 31.0 Å². The summed E-state index contributed by atoms with van der Waals surface area (Å²) in [6.07, 6.45) is 4.57. The van der Waals surface area contributed by atoms with Gasteiger partial charge in [-0.3, -0.25) is 0 Å². The van der Waals surface area contributed by atoms with Gasteiger partial charge in [-0.1, -0.05) is 12.1 Å². The molecule has 0 aliphatic carbocycles. The number of halogens is 1. The Hall–Kier alpha value is -1.84. The molecule has 2 aromatic rings. The third-order valence-electron chi connectivity index (χ3n) is 2.81. The smallest absolute Gasteiger partial charge is 0.202 e. The number of rotatable bonds is 4. The van der Waals surface area contributed by atoms with Crippen molar-refractivity contribution in [3.63, 3.8) is 0 Å². The number of nitrogens with zero attached hydrogens (tertiary/aromatic N) is 2. The number of anilines is 1. The van der Waals surface area contributed by atoms with Crippen molar-refractivity contribution < 1.29 is 4.39 Å². The topological polar surface area (TPSA) is 29.9 Å². The lowest BCUT2D eigenvalue weighted by Crippen LogP contribution is -2.10. The van der Waals surface area contributed by atoms with Gasteiger partial charge in [0.1, 0.15) is 5.82 Å². The maximum atomic E-state index is 12.8. The van der Waals surface area contributed by atoms with Crippen LogP contribution in [0, 0.1) is 5.82 Å². The summed E-state index contributed by atoms with van der Waals surface area (Å²) in [6, 6.07) is 6.92. The standard InChI is InChI=1S/C13H16FN3/c1-10(17-8-7-16-13(17)15-2)9-11-3-5-12(14)6-4-11/h3-8,10H,9H2,1-2H3,(H,15,16). The molecular weight excluding hydrogens is 217 g/mol. The van der Waals surface area contributed by atoms with Crippen LogP contribution < -0.4 is 5.32 Å². The Bertz CT molecular complexity index is 476. The largest absolute Gasteiger partial charge is 0.359 e. The van der Waals surface area contributed by atoms with Gasteiger partial charge < -0.3 is 9.88 Å². The lowest BCUT2D eigenvalue weighted by Gasteiger charge is -2.16. The predicted molar refractivity (Wildman–Crippen MR) is 66.6 cm³/mol. The molecule has 0 saturated carbocycles. The van der Waals surface area contributed by atoms with E-state index in [9.17, 15) is 4.39 Å². The van der Waals surface area contributed by atoms with Crippen LogP contribution in [0.2, 0.25) is 0 Å². The minimum atomic E-state index is -0.194. The summed E-state index contributed by atoms with van der Waals surface area (Å²) in [5.41, 5.74) is 1.12. The summed E-state index contributed by atoms with van der Waals surface area (Å²) in [5.74, 6) is 0.652. The van der Waals surface area contributed by atoms with Crippen LogP contribution in [0.1, 0.15) is 18.5 Å². The Balaban J connectivity index is 2.11. The summed E-state index contributed by atoms with van der Waals surface area (Å²) in [4.78, 5) is 4.20. The maximum Gasteiger partial charge on any atom is 0.202 e. The first-order chi connectivity index (χ1) is 8.20. The van der Waals surface area contributed by atoms with Gasteiger partial charge in [0.2, 0.25) is 5.95 Å². The molecule has 2 rings (SSSR count). The Kier molecular flexibility index (Phi) is 3.42. The second-order valence-electron chi connectivity index (χ2n) is 4.09. The summed E-state index contributed by atoms with van der Waals surface area (Å²) in [5, 5.41) is 3.04. The molecule has 1 N–H and O–H groups in total. The average molecular weight is 233 g/mol. The second kappa shape index (κ2) is 4.99. The Morgan fingerprint density at radius 2 is 2.06 bits per heavy atom. The molecule has 90 valence electrons. The van der Waals surface area contributed by atoms with Crippen molar-refractivity contribution in [1.29, 1.82) is 0 Å². The van der Waals surface area contributed by atoms with Crippen LogP contribution in [0.15, 0.2) is 36.7 Å². The minimum absolute atomic E-state index is 0.194. The summed E-state index contributed by atoms with van der Waals surface area (Å²) >= 11 is 0. The molecule has 0 fully saturated rings. The maximum absolute atomic E-state index is 12.8. The SMILES string of the molecule is CNc1nccn1C(C)Cc1ccc(F)cc1. The number of imidazole rings is 1. The highest BCUT2D eigenvalue weighted by molar-refractivity contribution is 5.26. The Morgan fingerprint density at radius 3 is 2.71 bits per heavy atom. The summed E-state index contributed by atoms with van der Waals surface area (Å²) < 4.78 is 14.9. The molecule has 3 nitrogen and oxygen atoms in total. The van der Waals surface area contributed by atoms with Crippen LogP contribution in [-0.4, -0.2) is 16.6 Å². The lowest BCUT2D eigenvalue weighted by atomic mass is 10.1. The van der Waals surface area contributed by atoms with E-state index in [0.717, 1.165) is 17.9 Å². The molecule has 0 amide bonds. The normalized spacial score (nSPS) is 12.4. The molecule has 4 heteroatoms. The molecule has 17 heavy (non-hydrogen) atoms. The fourth-order valence-electron chi connectivity index (χ4n) is 1.92. The molecule has 0 spiro atoms. The van der Waals surface area contributed by atoms with Gasteiger partial charge in [0.15, 0.2) is 0 Å². The molecule has 1 aromatic carbocycles. The third kappa shape index (κ3) is 2.64. The molecule has 0 aliphatic rings. The second-order valence-corrected chi connectivity index (χ2v) is 4.09. The van der Waals surface area contributed by atoms with E-state index in [2.05, 4.69) is 21.8 Å². The van der Waals surface area contributed by atoms with Gasteiger partial charge in [-0.25, -0.2) is 9.37 Å². The van der Waals surface area contributed by atoms with Crippen LogP contribution in [0.5, 0.6) is 0 Å². The van der Waals surface area contributed by atoms with Crippen molar-refractivity contribution in [2.24, 2.45) is 0 Å². The van der Waals surface area contributed by atoms with Gasteiger partial charge in [0, 0.05) is 25.5 Å². The molecule has 1 unspecified atom stereocenters. The first-order valence-electron chi connectivity index (χ1n) is 5.65. The lowest BCUT2D eigenvalue weighted by molar-refractivity contribution is 0.549. The molecule has 1 heterocycles. The molecule has 0 saturated heterocycles. The zero-order valence-electron chi connectivity index (χ0n) is 10.0. The number of hydrogen-bond donors (Lipinski definition) is 1. The zero-order chi connectivity index (χ0) is 12.3. The van der Waals surface area contributed by atoms with Crippen LogP contribution in [-0.2, 0) is 6.42 Å². The van der Waals surface area contributed by atoms with E-state index in [1.807, 2.05) is 25.4 Å². The van der Waals surface area contributed by atoms with Gasteiger partial charge in [0.25, 0.3) is 0 Å². The highest BCUT2D eigenvalue weighted by Gasteiger charge is 2.09. The molecule has 0 bridgehead atoms. The van der Waals surface area contributed by atoms with E-state index in [0.29, 0.717) is 0 Å². The van der Waals surface area contributed by atoms with E-state index in [-0.39, 0.29) is 11.9 Å². The number of aromatic nitrogens is 2. The first kappa shape index (κ1) is 11.6. The first-order valence-corrected chi connectivity index (χ1v) is 5.65. The molecule has 0 radical (unpaired) electrons. The fraction of sp³-hybridized carbons (Fsp3) is 0.308. The van der Waals surface area contributed by atoms with Crippen molar-refractivity contribution in [3.8, 4) is 0 Å². The molecule has 1 atom stereocenters. The Morgan fingerprint density at radius 1 is 1.35 bits per heavy atom. The summed E-state index contributed by atoms with van der Waals surface area (Å²) in [6.45, 7) is 2.12. The molecular formula is C13H16FN3. The monoisotopic (exact) mass is 233 g/mol. The Labute approximate surface area is 100 Å². The van der Waals surface area contributed by atoms with E-state index < -0.39 is 0 Å². The number of benzene rings is 1. The number of hydrogen-bond acceptors (Lipinski definition) is 2. The number of nitrogens with one attached hydrogen (secondary N) is 1. The van der Waals surface area contributed by atoms with E-state index in [1.54, 1.807) is 6.20 Å². The highest BCUT2D eigenvalue weighted by atomic mass is 19.1. The van der Waals surface area contributed by atoms with Crippen LogP contribution >= 0.6 is 0 Å². The van der Waals surface area contributed by atoms with Crippen LogP contribution in [0.25, 0.3) is 0 Å². The molecule has 0 aliphatic heterocycles. The van der Waals surface area contributed by atoms with E-state index >= 15 is 0 Å². The average Bonchev–Trinajstić information content (AvgIpc) is 2.80. The van der Waals surface area contributed by atoms with Gasteiger partial charge in [-0.2, -0.15) is 0 Å². The van der Waals surface area contributed by atoms with Crippen molar-refractivity contribution in [2.75, 3.05) is 12.4 Å². The van der Waals surface area contributed by atoms with E-state index in [4.69, 9.17) is 0 Å². The van der Waals surface area contributed by atoms with Crippen molar-refractivity contribution in [1.82, 2.24) is 9.55 Å². The van der Waals surface area contributed by atoms with Crippen molar-refractivity contribution in [3.05, 3.63) is 48.0 Å². The third-order valence-corrected chi connectivity index (χ3v) is 2.81. The minimum Gasteiger partial charge on any atom is -0.359 e. The van der Waals surface area contributed by atoms with Crippen molar-refractivity contribution in [2.45, 2.75) is 19.4 Å². The van der Waals surface area contributed by atoms with Gasteiger partial charge in [-0.15, -0.1) is 0 Å². The van der Waals surface area contributed by atoms with Crippen LogP contribution in [0.4, 0.5) is 10.3 Å². The van der Waals surface area contributed by atoms with Crippen molar-refractivity contribution >= 4 is 5.95 Å². The van der Waals surface area contributed by atoms with Gasteiger partial charge in [0.05, 0.1) is 0 Å².